The lowest BCUT2D eigenvalue weighted by atomic mass is 10.0. The molecule has 1 atom stereocenters. The van der Waals surface area contributed by atoms with Crippen molar-refractivity contribution in [1.82, 2.24) is 5.32 Å². The lowest BCUT2D eigenvalue weighted by Gasteiger charge is -2.26. The molecule has 1 aliphatic heterocycles. The number of benzene rings is 1. The van der Waals surface area contributed by atoms with Crippen molar-refractivity contribution in [2.45, 2.75) is 50.7 Å². The molecule has 114 valence electrons. The first-order chi connectivity index (χ1) is 9.91. The standard InChI is InChI=1S/C16H22N2OS2/c1-5-16(3,4)18-14(19)11(2)21-15-17-13-9-7-6-8-12(13)10-20-15/h6-9,11H,5,10H2,1-4H3,(H,18,19). The lowest BCUT2D eigenvalue weighted by molar-refractivity contribution is -0.121. The van der Waals surface area contributed by atoms with Crippen molar-refractivity contribution in [3.05, 3.63) is 29.8 Å². The fourth-order valence-corrected chi connectivity index (χ4v) is 3.99. The van der Waals surface area contributed by atoms with E-state index in [1.165, 1.54) is 5.56 Å². The van der Waals surface area contributed by atoms with Crippen molar-refractivity contribution in [2.75, 3.05) is 0 Å². The van der Waals surface area contributed by atoms with E-state index in [0.29, 0.717) is 0 Å². The van der Waals surface area contributed by atoms with E-state index in [0.717, 1.165) is 22.2 Å². The second-order valence-electron chi connectivity index (χ2n) is 5.78. The minimum Gasteiger partial charge on any atom is -0.350 e. The highest BCUT2D eigenvalue weighted by Gasteiger charge is 2.24. The predicted molar refractivity (Wildman–Crippen MR) is 94.4 cm³/mol. The highest BCUT2D eigenvalue weighted by Crippen LogP contribution is 2.35. The van der Waals surface area contributed by atoms with Gasteiger partial charge in [0.2, 0.25) is 5.91 Å². The van der Waals surface area contributed by atoms with E-state index in [1.54, 1.807) is 23.5 Å². The normalized spacial score (nSPS) is 15.9. The Kier molecular flexibility index (Phi) is 5.38. The van der Waals surface area contributed by atoms with Gasteiger partial charge in [0.15, 0.2) is 0 Å². The Bertz CT molecular complexity index is 555. The highest BCUT2D eigenvalue weighted by atomic mass is 32.2. The fraction of sp³-hybridized carbons (Fsp3) is 0.500. The highest BCUT2D eigenvalue weighted by molar-refractivity contribution is 8.39. The second kappa shape index (κ2) is 6.88. The largest absolute Gasteiger partial charge is 0.350 e. The summed E-state index contributed by atoms with van der Waals surface area (Å²) in [5, 5.41) is 2.96. The maximum absolute atomic E-state index is 12.2. The summed E-state index contributed by atoms with van der Waals surface area (Å²) in [6.07, 6.45) is 0.916. The Morgan fingerprint density at radius 1 is 1.48 bits per heavy atom. The molecule has 2 rings (SSSR count). The first kappa shape index (κ1) is 16.4. The SMILES string of the molecule is CCC(C)(C)NC(=O)C(C)SC1=Nc2ccccc2CS1. The first-order valence-electron chi connectivity index (χ1n) is 7.19. The number of para-hydroxylation sites is 1. The van der Waals surface area contributed by atoms with Gasteiger partial charge in [0.1, 0.15) is 4.38 Å². The zero-order valence-corrected chi connectivity index (χ0v) is 14.6. The molecule has 1 unspecified atom stereocenters. The smallest absolute Gasteiger partial charge is 0.233 e. The molecule has 0 saturated carbocycles. The number of fused-ring (bicyclic) bond motifs is 1. The molecule has 1 aliphatic rings. The Balaban J connectivity index is 1.99. The Labute approximate surface area is 135 Å². The molecule has 21 heavy (non-hydrogen) atoms. The molecule has 0 aromatic heterocycles. The van der Waals surface area contributed by atoms with Crippen LogP contribution in [0.4, 0.5) is 5.69 Å². The van der Waals surface area contributed by atoms with Gasteiger partial charge in [0, 0.05) is 11.3 Å². The first-order valence-corrected chi connectivity index (χ1v) is 9.06. The molecule has 1 aromatic carbocycles. The van der Waals surface area contributed by atoms with Crippen molar-refractivity contribution in [1.29, 1.82) is 0 Å². The van der Waals surface area contributed by atoms with E-state index in [9.17, 15) is 4.79 Å². The maximum atomic E-state index is 12.2. The van der Waals surface area contributed by atoms with Gasteiger partial charge >= 0.3 is 0 Å². The van der Waals surface area contributed by atoms with E-state index < -0.39 is 0 Å². The quantitative estimate of drug-likeness (QED) is 0.896. The number of thioether (sulfide) groups is 2. The number of amides is 1. The molecule has 0 fully saturated rings. The van der Waals surface area contributed by atoms with Gasteiger partial charge in [-0.1, -0.05) is 48.6 Å². The summed E-state index contributed by atoms with van der Waals surface area (Å²) in [5.74, 6) is 1.01. The number of hydrogen-bond donors (Lipinski definition) is 1. The molecule has 0 saturated heterocycles. The number of carbonyl (C=O) groups is 1. The van der Waals surface area contributed by atoms with Crippen LogP contribution in [0.1, 0.15) is 39.7 Å². The van der Waals surface area contributed by atoms with E-state index >= 15 is 0 Å². The van der Waals surface area contributed by atoms with Crippen molar-refractivity contribution < 1.29 is 4.79 Å². The molecule has 5 heteroatoms. The van der Waals surface area contributed by atoms with Gasteiger partial charge in [0.05, 0.1) is 10.9 Å². The molecule has 3 nitrogen and oxygen atoms in total. The van der Waals surface area contributed by atoms with E-state index in [4.69, 9.17) is 0 Å². The van der Waals surface area contributed by atoms with Crippen LogP contribution in [-0.2, 0) is 10.5 Å². The van der Waals surface area contributed by atoms with E-state index in [2.05, 4.69) is 23.3 Å². The fourth-order valence-electron chi connectivity index (χ4n) is 1.80. The number of aliphatic imine (C=N–C) groups is 1. The van der Waals surface area contributed by atoms with Crippen molar-refractivity contribution in [3.8, 4) is 0 Å². The molecular formula is C16H22N2OS2. The Hall–Kier alpha value is -0.940. The van der Waals surface area contributed by atoms with Crippen LogP contribution < -0.4 is 5.32 Å². The molecule has 0 bridgehead atoms. The third-order valence-corrected chi connectivity index (χ3v) is 5.84. The monoisotopic (exact) mass is 322 g/mol. The number of hydrogen-bond acceptors (Lipinski definition) is 4. The summed E-state index contributed by atoms with van der Waals surface area (Å²) >= 11 is 3.25. The van der Waals surface area contributed by atoms with Crippen LogP contribution in [-0.4, -0.2) is 21.1 Å². The number of nitrogens with one attached hydrogen (secondary N) is 1. The predicted octanol–water partition coefficient (Wildman–Crippen LogP) is 4.35. The van der Waals surface area contributed by atoms with Crippen molar-refractivity contribution >= 4 is 39.5 Å². The van der Waals surface area contributed by atoms with Crippen LogP contribution in [0.25, 0.3) is 0 Å². The van der Waals surface area contributed by atoms with Crippen molar-refractivity contribution in [3.63, 3.8) is 0 Å². The van der Waals surface area contributed by atoms with Crippen LogP contribution in [0.3, 0.4) is 0 Å². The zero-order chi connectivity index (χ0) is 15.5. The van der Waals surface area contributed by atoms with Crippen LogP contribution in [0.5, 0.6) is 0 Å². The third-order valence-electron chi connectivity index (χ3n) is 3.55. The Morgan fingerprint density at radius 3 is 2.90 bits per heavy atom. The minimum atomic E-state index is -0.153. The van der Waals surface area contributed by atoms with Crippen molar-refractivity contribution in [2.24, 2.45) is 4.99 Å². The Morgan fingerprint density at radius 2 is 2.19 bits per heavy atom. The van der Waals surface area contributed by atoms with Gasteiger partial charge in [-0.15, -0.1) is 0 Å². The van der Waals surface area contributed by atoms with Gasteiger partial charge in [-0.25, -0.2) is 4.99 Å². The third kappa shape index (κ3) is 4.51. The molecule has 1 amide bonds. The van der Waals surface area contributed by atoms with Gasteiger partial charge in [0.25, 0.3) is 0 Å². The second-order valence-corrected chi connectivity index (χ2v) is 8.33. The van der Waals surface area contributed by atoms with Crippen LogP contribution in [0.2, 0.25) is 0 Å². The summed E-state index contributed by atoms with van der Waals surface area (Å²) < 4.78 is 0.977. The molecule has 1 N–H and O–H groups in total. The van der Waals surface area contributed by atoms with Gasteiger partial charge in [-0.3, -0.25) is 4.79 Å². The van der Waals surface area contributed by atoms with Crippen LogP contribution in [0.15, 0.2) is 29.3 Å². The summed E-state index contributed by atoms with van der Waals surface area (Å²) in [6, 6.07) is 8.17. The van der Waals surface area contributed by atoms with Gasteiger partial charge < -0.3 is 5.32 Å². The summed E-state index contributed by atoms with van der Waals surface area (Å²) in [6.45, 7) is 8.11. The number of rotatable bonds is 4. The number of nitrogens with zero attached hydrogens (tertiary/aromatic N) is 1. The lowest BCUT2D eigenvalue weighted by Crippen LogP contribution is -2.46. The molecule has 0 aliphatic carbocycles. The van der Waals surface area contributed by atoms with Gasteiger partial charge in [-0.2, -0.15) is 0 Å². The summed E-state index contributed by atoms with van der Waals surface area (Å²) in [4.78, 5) is 16.9. The molecule has 1 aromatic rings. The maximum Gasteiger partial charge on any atom is 0.233 e. The van der Waals surface area contributed by atoms with E-state index in [-0.39, 0.29) is 16.7 Å². The minimum absolute atomic E-state index is 0.0778. The van der Waals surface area contributed by atoms with Crippen LogP contribution in [0, 0.1) is 0 Å². The molecule has 0 spiro atoms. The summed E-state index contributed by atoms with van der Waals surface area (Å²) in [7, 11) is 0. The number of carbonyl (C=O) groups excluding carboxylic acids is 1. The topological polar surface area (TPSA) is 41.5 Å². The van der Waals surface area contributed by atoms with Crippen LogP contribution >= 0.6 is 23.5 Å². The summed E-state index contributed by atoms with van der Waals surface area (Å²) in [5.41, 5.74) is 2.14. The molecular weight excluding hydrogens is 300 g/mol. The average molecular weight is 322 g/mol. The zero-order valence-electron chi connectivity index (χ0n) is 13.0. The van der Waals surface area contributed by atoms with Gasteiger partial charge in [-0.05, 0) is 38.8 Å². The molecule has 1 heterocycles. The average Bonchev–Trinajstić information content (AvgIpc) is 2.46. The van der Waals surface area contributed by atoms with E-state index in [1.807, 2.05) is 39.0 Å². The molecule has 0 radical (unpaired) electrons.